The Kier molecular flexibility index (Phi) is 5.07. The molecule has 0 aliphatic rings. The summed E-state index contributed by atoms with van der Waals surface area (Å²) in [7, 11) is -2.74. The van der Waals surface area contributed by atoms with Gasteiger partial charge in [-0.25, -0.2) is 4.79 Å². The van der Waals surface area contributed by atoms with Crippen molar-refractivity contribution >= 4 is 47.5 Å². The first-order valence-corrected chi connectivity index (χ1v) is 11.0. The number of halogens is 1. The highest BCUT2D eigenvalue weighted by molar-refractivity contribution is 7.11. The number of benzene rings is 3. The van der Waals surface area contributed by atoms with Gasteiger partial charge in [-0.05, 0) is 33.8 Å². The van der Waals surface area contributed by atoms with Crippen LogP contribution >= 0.6 is 11.6 Å². The van der Waals surface area contributed by atoms with E-state index in [0.717, 1.165) is 21.8 Å². The van der Waals surface area contributed by atoms with Gasteiger partial charge in [0.1, 0.15) is 14.4 Å². The Hall–Kier alpha value is -2.69. The molecule has 1 N–H and O–H groups in total. The molecule has 3 rings (SSSR count). The maximum absolute atomic E-state index is 11.9. The first-order valence-electron chi connectivity index (χ1n) is 8.12. The molecule has 26 heavy (non-hydrogen) atoms. The maximum Gasteiger partial charge on any atom is 0.335 e. The van der Waals surface area contributed by atoms with E-state index in [1.807, 2.05) is 42.5 Å². The van der Waals surface area contributed by atoms with E-state index < -0.39 is 14.0 Å². The van der Waals surface area contributed by atoms with Crippen LogP contribution in [-0.4, -0.2) is 25.4 Å². The molecule has 0 bridgehead atoms. The van der Waals surface area contributed by atoms with Crippen LogP contribution in [0.5, 0.6) is 0 Å². The number of aldehydes is 1. The molecule has 0 saturated carbocycles. The molecule has 0 aliphatic carbocycles. The van der Waals surface area contributed by atoms with Crippen molar-refractivity contribution in [1.29, 1.82) is 0 Å². The molecule has 0 aliphatic heterocycles. The molecule has 0 fully saturated rings. The lowest BCUT2D eigenvalue weighted by molar-refractivity contribution is 0.0698. The van der Waals surface area contributed by atoms with E-state index in [0.29, 0.717) is 10.6 Å². The molecule has 3 aromatic carbocycles. The smallest absolute Gasteiger partial charge is 0.335 e. The lowest BCUT2D eigenvalue weighted by Gasteiger charge is -2.31. The van der Waals surface area contributed by atoms with Gasteiger partial charge in [0.15, 0.2) is 0 Å². The lowest BCUT2D eigenvalue weighted by atomic mass is 10.2. The number of carboxylic acids is 1. The lowest BCUT2D eigenvalue weighted by Crippen LogP contribution is -2.66. The van der Waals surface area contributed by atoms with Crippen molar-refractivity contribution in [2.45, 2.75) is 6.55 Å². The highest BCUT2D eigenvalue weighted by atomic mass is 35.5. The van der Waals surface area contributed by atoms with Crippen LogP contribution in [-0.2, 0) is 0 Å². The first-order chi connectivity index (χ1) is 12.5. The van der Waals surface area contributed by atoms with Crippen LogP contribution in [0.3, 0.4) is 0 Å². The van der Waals surface area contributed by atoms with E-state index in [9.17, 15) is 14.7 Å². The molecule has 0 heterocycles. The van der Waals surface area contributed by atoms with Gasteiger partial charge in [0.05, 0.1) is 5.56 Å². The zero-order valence-electron chi connectivity index (χ0n) is 14.1. The minimum Gasteiger partial charge on any atom is -0.478 e. The zero-order chi connectivity index (χ0) is 18.7. The monoisotopic (exact) mass is 380 g/mol. The minimum absolute atomic E-state index is 0.261. The molecule has 0 amide bonds. The molecule has 5 heteroatoms. The summed E-state index contributed by atoms with van der Waals surface area (Å²) in [6.07, 6.45) is 0.833. The fourth-order valence-electron chi connectivity index (χ4n) is 3.40. The van der Waals surface area contributed by atoms with E-state index in [1.54, 1.807) is 30.3 Å². The van der Waals surface area contributed by atoms with Crippen LogP contribution in [0.2, 0.25) is 11.6 Å². The molecule has 0 saturated heterocycles. The van der Waals surface area contributed by atoms with Crippen molar-refractivity contribution in [2.24, 2.45) is 0 Å². The van der Waals surface area contributed by atoms with E-state index in [-0.39, 0.29) is 5.56 Å². The summed E-state index contributed by atoms with van der Waals surface area (Å²) in [5, 5.41) is 13.0. The van der Waals surface area contributed by atoms with Gasteiger partial charge in [-0.3, -0.25) is 4.79 Å². The molecule has 1 atom stereocenters. The van der Waals surface area contributed by atoms with Gasteiger partial charge in [0.2, 0.25) is 0 Å². The summed E-state index contributed by atoms with van der Waals surface area (Å²) in [6.45, 7) is 2.07. The molecule has 0 aromatic heterocycles. The van der Waals surface area contributed by atoms with Crippen molar-refractivity contribution in [3.8, 4) is 0 Å². The Morgan fingerprint density at radius 1 is 0.923 bits per heavy atom. The normalized spacial score (nSPS) is 13.0. The molecular weight excluding hydrogens is 364 g/mol. The van der Waals surface area contributed by atoms with Gasteiger partial charge in [-0.2, -0.15) is 0 Å². The SMILES string of the molecule is C[Si](c1ccc(Cl)cc1)(c1ccccc1C=O)c1ccccc1C(=O)O. The minimum atomic E-state index is -2.74. The standard InChI is InChI=1S/C21H17ClO3Si/c1-26(17-12-10-16(22)11-13-17,19-8-4-2-6-15(19)14-23)20-9-5-3-7-18(20)21(24)25/h2-14H,1H3,(H,24,25). The third-order valence-corrected chi connectivity index (χ3v) is 9.53. The van der Waals surface area contributed by atoms with Crippen LogP contribution in [0, 0.1) is 0 Å². The third-order valence-electron chi connectivity index (χ3n) is 4.74. The second-order valence-electron chi connectivity index (χ2n) is 6.19. The Balaban J connectivity index is 2.39. The van der Waals surface area contributed by atoms with Crippen LogP contribution in [0.1, 0.15) is 20.7 Å². The molecule has 1 unspecified atom stereocenters. The maximum atomic E-state index is 11.9. The molecule has 130 valence electrons. The fraction of sp³-hybridized carbons (Fsp3) is 0.0476. The molecule has 0 spiro atoms. The van der Waals surface area contributed by atoms with E-state index in [2.05, 4.69) is 6.55 Å². The largest absolute Gasteiger partial charge is 0.478 e. The average Bonchev–Trinajstić information content (AvgIpc) is 2.68. The van der Waals surface area contributed by atoms with Crippen LogP contribution < -0.4 is 15.6 Å². The van der Waals surface area contributed by atoms with Crippen molar-refractivity contribution in [3.05, 3.63) is 88.9 Å². The van der Waals surface area contributed by atoms with Crippen molar-refractivity contribution < 1.29 is 14.7 Å². The average molecular weight is 381 g/mol. The Labute approximate surface area is 157 Å². The summed E-state index contributed by atoms with van der Waals surface area (Å²) >= 11 is 6.06. The molecule has 3 nitrogen and oxygen atoms in total. The number of aromatic carboxylic acids is 1. The van der Waals surface area contributed by atoms with Crippen LogP contribution in [0.25, 0.3) is 0 Å². The van der Waals surface area contributed by atoms with Gasteiger partial charge in [-0.1, -0.05) is 72.7 Å². The number of carbonyl (C=O) groups is 2. The van der Waals surface area contributed by atoms with Crippen LogP contribution in [0.15, 0.2) is 72.8 Å². The van der Waals surface area contributed by atoms with Crippen molar-refractivity contribution in [1.82, 2.24) is 0 Å². The number of hydrogen-bond donors (Lipinski definition) is 1. The second-order valence-corrected chi connectivity index (χ2v) is 10.5. The van der Waals surface area contributed by atoms with Gasteiger partial charge in [0.25, 0.3) is 0 Å². The molecule has 3 aromatic rings. The fourth-order valence-corrected chi connectivity index (χ4v) is 7.58. The van der Waals surface area contributed by atoms with E-state index in [1.165, 1.54) is 0 Å². The highest BCUT2D eigenvalue weighted by Crippen LogP contribution is 2.14. The van der Waals surface area contributed by atoms with Crippen LogP contribution in [0.4, 0.5) is 0 Å². The predicted molar refractivity (Wildman–Crippen MR) is 107 cm³/mol. The summed E-state index contributed by atoms with van der Waals surface area (Å²) in [5.41, 5.74) is 0.842. The number of carbonyl (C=O) groups excluding carboxylic acids is 1. The van der Waals surface area contributed by atoms with Crippen molar-refractivity contribution in [3.63, 3.8) is 0 Å². The van der Waals surface area contributed by atoms with Crippen molar-refractivity contribution in [2.75, 3.05) is 0 Å². The first kappa shape index (κ1) is 18.1. The van der Waals surface area contributed by atoms with Gasteiger partial charge in [0, 0.05) is 10.6 Å². The van der Waals surface area contributed by atoms with E-state index >= 15 is 0 Å². The van der Waals surface area contributed by atoms with Gasteiger partial charge < -0.3 is 5.11 Å². The number of hydrogen-bond acceptors (Lipinski definition) is 2. The topological polar surface area (TPSA) is 54.4 Å². The second kappa shape index (κ2) is 7.28. The Morgan fingerprint density at radius 3 is 2.12 bits per heavy atom. The summed E-state index contributed by atoms with van der Waals surface area (Å²) in [5.74, 6) is -0.975. The molecule has 0 radical (unpaired) electrons. The Bertz CT molecular complexity index is 969. The van der Waals surface area contributed by atoms with E-state index in [4.69, 9.17) is 11.6 Å². The molecular formula is C21H17ClO3Si. The summed E-state index contributed by atoms with van der Waals surface area (Å²) in [6, 6.07) is 21.9. The Morgan fingerprint density at radius 2 is 1.50 bits per heavy atom. The summed E-state index contributed by atoms with van der Waals surface area (Å²) in [4.78, 5) is 23.6. The zero-order valence-corrected chi connectivity index (χ0v) is 15.9. The third kappa shape index (κ3) is 3.09. The number of carboxylic acid groups (broad SMARTS) is 1. The predicted octanol–water partition coefficient (Wildman–Crippen LogP) is 2.95. The quantitative estimate of drug-likeness (QED) is 0.420. The number of rotatable bonds is 5. The van der Waals surface area contributed by atoms with Gasteiger partial charge >= 0.3 is 5.97 Å². The highest BCUT2D eigenvalue weighted by Gasteiger charge is 2.38. The summed E-state index contributed by atoms with van der Waals surface area (Å²) < 4.78 is 0. The van der Waals surface area contributed by atoms with Gasteiger partial charge in [-0.15, -0.1) is 0 Å².